The van der Waals surface area contributed by atoms with Crippen molar-refractivity contribution in [1.82, 2.24) is 0 Å². The Labute approximate surface area is 115 Å². The zero-order valence-electron chi connectivity index (χ0n) is 11.7. The number of esters is 1. The van der Waals surface area contributed by atoms with Crippen molar-refractivity contribution >= 4 is 5.97 Å². The third-order valence-corrected chi connectivity index (χ3v) is 2.67. The Morgan fingerprint density at radius 1 is 1.26 bits per heavy atom. The van der Waals surface area contributed by atoms with Crippen LogP contribution in [0, 0.1) is 0 Å². The molecule has 19 heavy (non-hydrogen) atoms. The maximum absolute atomic E-state index is 11.1. The Morgan fingerprint density at radius 2 is 1.95 bits per heavy atom. The van der Waals surface area contributed by atoms with Crippen LogP contribution in [-0.2, 0) is 9.53 Å². The van der Waals surface area contributed by atoms with Crippen LogP contribution in [-0.4, -0.2) is 18.7 Å². The average Bonchev–Trinajstić information content (AvgIpc) is 2.39. The summed E-state index contributed by atoms with van der Waals surface area (Å²) in [6.45, 7) is 7.68. The Bertz CT molecular complexity index is 398. The van der Waals surface area contributed by atoms with Crippen LogP contribution in [0.5, 0.6) is 5.75 Å². The lowest BCUT2D eigenvalue weighted by Crippen LogP contribution is -2.12. The first-order chi connectivity index (χ1) is 9.09. The van der Waals surface area contributed by atoms with Gasteiger partial charge in [-0.3, -0.25) is 0 Å². The van der Waals surface area contributed by atoms with E-state index < -0.39 is 0 Å². The molecule has 0 aliphatic carbocycles. The highest BCUT2D eigenvalue weighted by atomic mass is 16.5. The Hall–Kier alpha value is -1.77. The van der Waals surface area contributed by atoms with E-state index in [4.69, 9.17) is 9.47 Å². The maximum Gasteiger partial charge on any atom is 0.333 e. The average molecular weight is 262 g/mol. The van der Waals surface area contributed by atoms with Crippen LogP contribution in [0.4, 0.5) is 0 Å². The number of unbranched alkanes of at least 4 members (excludes halogenated alkanes) is 1. The van der Waals surface area contributed by atoms with Gasteiger partial charge in [0.1, 0.15) is 5.75 Å². The molecule has 0 radical (unpaired) electrons. The van der Waals surface area contributed by atoms with Crippen molar-refractivity contribution in [3.8, 4) is 5.75 Å². The van der Waals surface area contributed by atoms with Crippen LogP contribution in [0.25, 0.3) is 0 Å². The lowest BCUT2D eigenvalue weighted by atomic mass is 10.2. The molecule has 0 aliphatic heterocycles. The number of hydrogen-bond acceptors (Lipinski definition) is 3. The zero-order valence-corrected chi connectivity index (χ0v) is 11.7. The van der Waals surface area contributed by atoms with Crippen molar-refractivity contribution in [2.45, 2.75) is 39.2 Å². The summed E-state index contributed by atoms with van der Waals surface area (Å²) in [5, 5.41) is 0. The molecular weight excluding hydrogens is 240 g/mol. The van der Waals surface area contributed by atoms with Crippen LogP contribution in [0.3, 0.4) is 0 Å². The molecule has 1 atom stereocenters. The molecule has 0 heterocycles. The molecule has 0 aromatic heterocycles. The van der Waals surface area contributed by atoms with E-state index in [1.165, 1.54) is 0 Å². The molecule has 1 aromatic rings. The SMILES string of the molecule is C=C(C)C(=O)OCCCCC(C)Oc1ccccc1. The van der Waals surface area contributed by atoms with Crippen molar-refractivity contribution in [3.63, 3.8) is 0 Å². The van der Waals surface area contributed by atoms with Crippen LogP contribution in [0.15, 0.2) is 42.5 Å². The number of rotatable bonds is 8. The van der Waals surface area contributed by atoms with Gasteiger partial charge in [-0.1, -0.05) is 24.8 Å². The van der Waals surface area contributed by atoms with Gasteiger partial charge in [0.15, 0.2) is 0 Å². The molecule has 1 rings (SSSR count). The highest BCUT2D eigenvalue weighted by Gasteiger charge is 2.05. The van der Waals surface area contributed by atoms with E-state index in [0.29, 0.717) is 12.2 Å². The molecule has 0 saturated heterocycles. The summed E-state index contributed by atoms with van der Waals surface area (Å²) in [4.78, 5) is 11.1. The quantitative estimate of drug-likeness (QED) is 0.406. The second-order valence-corrected chi connectivity index (χ2v) is 4.65. The summed E-state index contributed by atoms with van der Waals surface area (Å²) in [7, 11) is 0. The van der Waals surface area contributed by atoms with Crippen LogP contribution in [0.1, 0.15) is 33.1 Å². The van der Waals surface area contributed by atoms with E-state index in [-0.39, 0.29) is 12.1 Å². The number of para-hydroxylation sites is 1. The van der Waals surface area contributed by atoms with Gasteiger partial charge in [0.05, 0.1) is 12.7 Å². The number of carbonyl (C=O) groups is 1. The highest BCUT2D eigenvalue weighted by molar-refractivity contribution is 5.86. The topological polar surface area (TPSA) is 35.5 Å². The molecule has 1 unspecified atom stereocenters. The van der Waals surface area contributed by atoms with E-state index in [9.17, 15) is 4.79 Å². The van der Waals surface area contributed by atoms with Gasteiger partial charge in [-0.25, -0.2) is 4.79 Å². The molecule has 0 fully saturated rings. The first-order valence-electron chi connectivity index (χ1n) is 6.64. The van der Waals surface area contributed by atoms with Gasteiger partial charge in [-0.05, 0) is 45.2 Å². The lowest BCUT2D eigenvalue weighted by molar-refractivity contribution is -0.139. The standard InChI is InChI=1S/C16H22O3/c1-13(2)16(17)18-12-8-7-9-14(3)19-15-10-5-4-6-11-15/h4-6,10-11,14H,1,7-9,12H2,2-3H3. The van der Waals surface area contributed by atoms with Gasteiger partial charge in [0.25, 0.3) is 0 Å². The molecule has 0 amide bonds. The van der Waals surface area contributed by atoms with Crippen molar-refractivity contribution in [3.05, 3.63) is 42.5 Å². The highest BCUT2D eigenvalue weighted by Crippen LogP contribution is 2.13. The molecule has 0 aliphatic rings. The fourth-order valence-electron chi connectivity index (χ4n) is 1.61. The Balaban J connectivity index is 2.09. The fourth-order valence-corrected chi connectivity index (χ4v) is 1.61. The zero-order chi connectivity index (χ0) is 14.1. The second kappa shape index (κ2) is 8.35. The molecule has 104 valence electrons. The predicted octanol–water partition coefficient (Wildman–Crippen LogP) is 3.74. The summed E-state index contributed by atoms with van der Waals surface area (Å²) in [5.74, 6) is 0.581. The molecule has 0 bridgehead atoms. The third kappa shape index (κ3) is 6.65. The van der Waals surface area contributed by atoms with E-state index in [2.05, 4.69) is 6.58 Å². The maximum atomic E-state index is 11.1. The fraction of sp³-hybridized carbons (Fsp3) is 0.438. The molecule has 3 nitrogen and oxygen atoms in total. The summed E-state index contributed by atoms with van der Waals surface area (Å²) >= 11 is 0. The van der Waals surface area contributed by atoms with Crippen LogP contribution < -0.4 is 4.74 Å². The monoisotopic (exact) mass is 262 g/mol. The van der Waals surface area contributed by atoms with Gasteiger partial charge < -0.3 is 9.47 Å². The molecule has 0 saturated carbocycles. The minimum absolute atomic E-state index is 0.166. The van der Waals surface area contributed by atoms with E-state index in [0.717, 1.165) is 25.0 Å². The molecule has 0 spiro atoms. The summed E-state index contributed by atoms with van der Waals surface area (Å²) in [6.07, 6.45) is 2.93. The smallest absolute Gasteiger partial charge is 0.333 e. The van der Waals surface area contributed by atoms with Gasteiger partial charge in [0.2, 0.25) is 0 Å². The molecule has 3 heteroatoms. The minimum Gasteiger partial charge on any atom is -0.491 e. The molecular formula is C16H22O3. The Morgan fingerprint density at radius 3 is 2.58 bits per heavy atom. The van der Waals surface area contributed by atoms with Crippen molar-refractivity contribution < 1.29 is 14.3 Å². The third-order valence-electron chi connectivity index (χ3n) is 2.67. The second-order valence-electron chi connectivity index (χ2n) is 4.65. The van der Waals surface area contributed by atoms with Gasteiger partial charge in [0, 0.05) is 5.57 Å². The summed E-state index contributed by atoms with van der Waals surface area (Å²) in [6, 6.07) is 9.78. The number of carbonyl (C=O) groups excluding carboxylic acids is 1. The number of hydrogen-bond donors (Lipinski definition) is 0. The van der Waals surface area contributed by atoms with Crippen molar-refractivity contribution in [2.24, 2.45) is 0 Å². The van der Waals surface area contributed by atoms with Crippen molar-refractivity contribution in [1.29, 1.82) is 0 Å². The first kappa shape index (κ1) is 15.3. The molecule has 0 N–H and O–H groups in total. The van der Waals surface area contributed by atoms with E-state index in [1.54, 1.807) is 6.92 Å². The van der Waals surface area contributed by atoms with Crippen LogP contribution in [0.2, 0.25) is 0 Å². The first-order valence-corrected chi connectivity index (χ1v) is 6.64. The van der Waals surface area contributed by atoms with Gasteiger partial charge in [-0.2, -0.15) is 0 Å². The van der Waals surface area contributed by atoms with Crippen molar-refractivity contribution in [2.75, 3.05) is 6.61 Å². The van der Waals surface area contributed by atoms with Crippen LogP contribution >= 0.6 is 0 Å². The summed E-state index contributed by atoms with van der Waals surface area (Å²) in [5.41, 5.74) is 0.445. The normalized spacial score (nSPS) is 11.7. The molecule has 1 aromatic carbocycles. The Kier molecular flexibility index (Phi) is 6.72. The minimum atomic E-state index is -0.311. The largest absolute Gasteiger partial charge is 0.491 e. The van der Waals surface area contributed by atoms with Gasteiger partial charge >= 0.3 is 5.97 Å². The van der Waals surface area contributed by atoms with E-state index >= 15 is 0 Å². The predicted molar refractivity (Wildman–Crippen MR) is 76.2 cm³/mol. The van der Waals surface area contributed by atoms with Gasteiger partial charge in [-0.15, -0.1) is 0 Å². The number of ether oxygens (including phenoxy) is 2. The number of benzene rings is 1. The summed E-state index contributed by atoms with van der Waals surface area (Å²) < 4.78 is 10.8. The lowest BCUT2D eigenvalue weighted by Gasteiger charge is -2.14. The van der Waals surface area contributed by atoms with E-state index in [1.807, 2.05) is 37.3 Å².